The van der Waals surface area contributed by atoms with Crippen molar-refractivity contribution in [3.8, 4) is 17.2 Å². The molecule has 180 valence electrons. The molecular formula is C27H30NaO6P. The number of carbonyl (C=O) groups excluding carboxylic acids is 1. The fourth-order valence-corrected chi connectivity index (χ4v) is 4.47. The Morgan fingerprint density at radius 2 is 1.29 bits per heavy atom. The van der Waals surface area contributed by atoms with E-state index in [1.165, 1.54) is 0 Å². The van der Waals surface area contributed by atoms with E-state index in [-0.39, 0.29) is 52.4 Å². The molecule has 0 aromatic heterocycles. The minimum atomic E-state index is -4.60. The van der Waals surface area contributed by atoms with Crippen molar-refractivity contribution in [1.82, 2.24) is 0 Å². The van der Waals surface area contributed by atoms with Crippen LogP contribution in [0.1, 0.15) is 55.9 Å². The Bertz CT molecular complexity index is 1170. The van der Waals surface area contributed by atoms with E-state index in [0.29, 0.717) is 12.2 Å². The number of carbonyl (C=O) groups is 1. The predicted octanol–water partition coefficient (Wildman–Crippen LogP) is 3.27. The zero-order valence-electron chi connectivity index (χ0n) is 21.2. The first-order valence-electron chi connectivity index (χ1n) is 11.2. The van der Waals surface area contributed by atoms with Gasteiger partial charge in [0, 0.05) is 11.8 Å². The van der Waals surface area contributed by atoms with Crippen LogP contribution in [0.5, 0.6) is 17.2 Å². The van der Waals surface area contributed by atoms with Crippen LogP contribution in [0, 0.1) is 13.8 Å². The molecule has 6 nitrogen and oxygen atoms in total. The molecule has 35 heavy (non-hydrogen) atoms. The second-order valence-corrected chi connectivity index (χ2v) is 10.1. The Labute approximate surface area is 229 Å². The van der Waals surface area contributed by atoms with Gasteiger partial charge in [-0.25, -0.2) is 4.57 Å². The van der Waals surface area contributed by atoms with Crippen LogP contribution in [0.15, 0.2) is 66.7 Å². The molecule has 0 saturated heterocycles. The Kier molecular flexibility index (Phi) is 10.2. The third-order valence-electron chi connectivity index (χ3n) is 5.47. The van der Waals surface area contributed by atoms with Gasteiger partial charge < -0.3 is 18.7 Å². The van der Waals surface area contributed by atoms with Gasteiger partial charge in [-0.1, -0.05) is 51.1 Å². The standard InChI is InChI=1S/C27H31O6P.Na/c1-6-7-26(28)31-23-12-8-21(9-13-23)27(4,5)22-10-14-24(15-11-22)32-34(29,30)33-25-17-19(2)16-20(3)18-25;/h8-18H,6-7H2,1-5H3,(H,29,30);/q;+1/p-1. The molecule has 1 unspecified atom stereocenters. The average Bonchev–Trinajstić information content (AvgIpc) is 2.73. The van der Waals surface area contributed by atoms with Crippen LogP contribution in [0.4, 0.5) is 0 Å². The van der Waals surface area contributed by atoms with Gasteiger partial charge in [-0.05, 0) is 78.9 Å². The molecule has 0 N–H and O–H groups in total. The topological polar surface area (TPSA) is 84.9 Å². The third kappa shape index (κ3) is 8.23. The maximum atomic E-state index is 12.4. The summed E-state index contributed by atoms with van der Waals surface area (Å²) in [6, 6.07) is 19.5. The van der Waals surface area contributed by atoms with Gasteiger partial charge in [0.1, 0.15) is 17.2 Å². The molecule has 0 heterocycles. The van der Waals surface area contributed by atoms with E-state index in [4.69, 9.17) is 13.8 Å². The summed E-state index contributed by atoms with van der Waals surface area (Å²) >= 11 is 0. The number of esters is 1. The summed E-state index contributed by atoms with van der Waals surface area (Å²) in [6.07, 6.45) is 1.12. The smallest absolute Gasteiger partial charge is 0.736 e. The van der Waals surface area contributed by atoms with Crippen molar-refractivity contribution in [2.24, 2.45) is 0 Å². The molecule has 3 aromatic rings. The molecule has 0 amide bonds. The minimum Gasteiger partial charge on any atom is -0.736 e. The Morgan fingerprint density at radius 1 is 0.829 bits per heavy atom. The monoisotopic (exact) mass is 504 g/mol. The molecule has 0 aliphatic heterocycles. The van der Waals surface area contributed by atoms with Crippen LogP contribution in [0.2, 0.25) is 0 Å². The van der Waals surface area contributed by atoms with Crippen molar-refractivity contribution in [3.05, 3.63) is 89.0 Å². The number of phosphoric ester groups is 1. The molecule has 0 radical (unpaired) electrons. The summed E-state index contributed by atoms with van der Waals surface area (Å²) in [4.78, 5) is 24.1. The number of benzene rings is 3. The number of rotatable bonds is 9. The number of ether oxygens (including phenoxy) is 1. The number of hydrogen-bond donors (Lipinski definition) is 0. The van der Waals surface area contributed by atoms with Gasteiger partial charge in [0.15, 0.2) is 0 Å². The zero-order valence-corrected chi connectivity index (χ0v) is 24.1. The molecular weight excluding hydrogens is 474 g/mol. The van der Waals surface area contributed by atoms with Crippen molar-refractivity contribution in [1.29, 1.82) is 0 Å². The van der Waals surface area contributed by atoms with Crippen molar-refractivity contribution >= 4 is 13.8 Å². The average molecular weight is 504 g/mol. The van der Waals surface area contributed by atoms with E-state index in [1.807, 2.05) is 51.1 Å². The summed E-state index contributed by atoms with van der Waals surface area (Å²) in [5, 5.41) is 0. The molecule has 1 atom stereocenters. The number of phosphoric acid groups is 1. The molecule has 0 fully saturated rings. The van der Waals surface area contributed by atoms with Crippen LogP contribution in [0.25, 0.3) is 0 Å². The first-order chi connectivity index (χ1) is 16.0. The summed E-state index contributed by atoms with van der Waals surface area (Å²) < 4.78 is 28.0. The molecule has 0 aliphatic rings. The predicted molar refractivity (Wildman–Crippen MR) is 130 cm³/mol. The minimum absolute atomic E-state index is 0. The van der Waals surface area contributed by atoms with E-state index in [0.717, 1.165) is 28.7 Å². The molecule has 0 aliphatic carbocycles. The molecule has 3 rings (SSSR count). The van der Waals surface area contributed by atoms with Crippen molar-refractivity contribution in [2.45, 2.75) is 52.9 Å². The van der Waals surface area contributed by atoms with Gasteiger partial charge in [0.05, 0.1) is 0 Å². The molecule has 0 bridgehead atoms. The number of aryl methyl sites for hydroxylation is 2. The Hall–Kier alpha value is -2.08. The maximum absolute atomic E-state index is 12.4. The van der Waals surface area contributed by atoms with Gasteiger partial charge in [0.25, 0.3) is 0 Å². The largest absolute Gasteiger partial charge is 1.00 e. The van der Waals surface area contributed by atoms with E-state index < -0.39 is 7.82 Å². The van der Waals surface area contributed by atoms with Gasteiger partial charge in [-0.3, -0.25) is 4.79 Å². The number of hydrogen-bond acceptors (Lipinski definition) is 6. The molecule has 0 spiro atoms. The van der Waals surface area contributed by atoms with E-state index >= 15 is 0 Å². The molecule has 8 heteroatoms. The van der Waals surface area contributed by atoms with E-state index in [9.17, 15) is 14.3 Å². The van der Waals surface area contributed by atoms with E-state index in [1.54, 1.807) is 36.4 Å². The van der Waals surface area contributed by atoms with Crippen molar-refractivity contribution in [3.63, 3.8) is 0 Å². The van der Waals surface area contributed by atoms with Crippen LogP contribution < -0.4 is 48.2 Å². The van der Waals surface area contributed by atoms with Crippen LogP contribution >= 0.6 is 7.82 Å². The molecule has 3 aromatic carbocycles. The fraction of sp³-hybridized carbons (Fsp3) is 0.296. The summed E-state index contributed by atoms with van der Waals surface area (Å²) in [7, 11) is -4.60. The quantitative estimate of drug-likeness (QED) is 0.193. The zero-order chi connectivity index (χ0) is 24.9. The second kappa shape index (κ2) is 12.2. The third-order valence-corrected chi connectivity index (χ3v) is 6.34. The normalized spacial score (nSPS) is 12.7. The first kappa shape index (κ1) is 29.2. The van der Waals surface area contributed by atoms with E-state index in [2.05, 4.69) is 13.8 Å². The van der Waals surface area contributed by atoms with Crippen LogP contribution in [-0.4, -0.2) is 5.97 Å². The summed E-state index contributed by atoms with van der Waals surface area (Å²) in [6.45, 7) is 9.77. The SMILES string of the molecule is CCCC(=O)Oc1ccc(C(C)(C)c2ccc(OP(=O)([O-])Oc3cc(C)cc(C)c3)cc2)cc1.[Na+]. The Balaban J connectivity index is 0.00000432. The van der Waals surface area contributed by atoms with Gasteiger partial charge in [-0.2, -0.15) is 0 Å². The molecule has 0 saturated carbocycles. The van der Waals surface area contributed by atoms with Crippen LogP contribution in [-0.2, 0) is 14.8 Å². The van der Waals surface area contributed by atoms with Gasteiger partial charge in [-0.15, -0.1) is 0 Å². The van der Waals surface area contributed by atoms with Crippen molar-refractivity contribution < 1.29 is 57.6 Å². The van der Waals surface area contributed by atoms with Crippen LogP contribution in [0.3, 0.4) is 0 Å². The second-order valence-electron chi connectivity index (χ2n) is 8.85. The summed E-state index contributed by atoms with van der Waals surface area (Å²) in [5.74, 6) is 0.650. The maximum Gasteiger partial charge on any atom is 1.00 e. The van der Waals surface area contributed by atoms with Gasteiger partial charge >= 0.3 is 43.3 Å². The van der Waals surface area contributed by atoms with Gasteiger partial charge in [0.2, 0.25) is 0 Å². The first-order valence-corrected chi connectivity index (χ1v) is 12.6. The fourth-order valence-electron chi connectivity index (χ4n) is 3.69. The van der Waals surface area contributed by atoms with Crippen molar-refractivity contribution in [2.75, 3.05) is 0 Å². The Morgan fingerprint density at radius 3 is 1.77 bits per heavy atom. The summed E-state index contributed by atoms with van der Waals surface area (Å²) in [5.41, 5.74) is 3.40.